The van der Waals surface area contributed by atoms with Crippen LogP contribution in [-0.2, 0) is 0 Å². The Balaban J connectivity index is 2.31. The zero-order valence-corrected chi connectivity index (χ0v) is 10.1. The second kappa shape index (κ2) is 5.09. The highest BCUT2D eigenvalue weighted by molar-refractivity contribution is 9.10. The van der Waals surface area contributed by atoms with Gasteiger partial charge in [0, 0.05) is 12.2 Å². The van der Waals surface area contributed by atoms with E-state index in [2.05, 4.69) is 31.1 Å². The first-order chi connectivity index (χ1) is 7.81. The fraction of sp³-hybridized carbons (Fsp3) is 0.200. The molecule has 2 rings (SSSR count). The van der Waals surface area contributed by atoms with Gasteiger partial charge in [-0.1, -0.05) is 18.2 Å². The molecular formula is C10H11BrN4O. The Morgan fingerprint density at radius 2 is 2.06 bits per heavy atom. The molecule has 0 aliphatic heterocycles. The second-order valence-electron chi connectivity index (χ2n) is 3.14. The highest BCUT2D eigenvalue weighted by Gasteiger charge is 2.12. The van der Waals surface area contributed by atoms with Gasteiger partial charge in [0.1, 0.15) is 0 Å². The van der Waals surface area contributed by atoms with E-state index >= 15 is 0 Å². The summed E-state index contributed by atoms with van der Waals surface area (Å²) < 4.78 is 0.501. The van der Waals surface area contributed by atoms with E-state index in [4.69, 9.17) is 5.11 Å². The first-order valence-electron chi connectivity index (χ1n) is 4.82. The number of nitrogens with one attached hydrogen (secondary N) is 1. The Labute approximate surface area is 101 Å². The SMILES string of the molecule is OCCN(c1ccccc1)c1nc(Br)n[nH]1. The number of aromatic nitrogens is 3. The van der Waals surface area contributed by atoms with Crippen molar-refractivity contribution in [2.45, 2.75) is 0 Å². The van der Waals surface area contributed by atoms with E-state index in [0.29, 0.717) is 17.2 Å². The molecule has 0 atom stereocenters. The number of H-pyrrole nitrogens is 1. The van der Waals surface area contributed by atoms with Gasteiger partial charge in [-0.05, 0) is 28.1 Å². The van der Waals surface area contributed by atoms with Crippen LogP contribution in [0.4, 0.5) is 11.6 Å². The number of hydrogen-bond donors (Lipinski definition) is 2. The van der Waals surface area contributed by atoms with E-state index in [9.17, 15) is 0 Å². The van der Waals surface area contributed by atoms with Gasteiger partial charge in [-0.3, -0.25) is 0 Å². The number of nitrogens with zero attached hydrogens (tertiary/aromatic N) is 3. The molecule has 84 valence electrons. The molecule has 0 spiro atoms. The zero-order valence-electron chi connectivity index (χ0n) is 8.47. The van der Waals surface area contributed by atoms with Gasteiger partial charge in [0.05, 0.1) is 6.61 Å². The van der Waals surface area contributed by atoms with Gasteiger partial charge < -0.3 is 10.0 Å². The van der Waals surface area contributed by atoms with Crippen molar-refractivity contribution in [1.82, 2.24) is 15.2 Å². The molecule has 2 N–H and O–H groups in total. The molecule has 0 aliphatic carbocycles. The molecule has 6 heteroatoms. The van der Waals surface area contributed by atoms with Crippen LogP contribution in [0, 0.1) is 0 Å². The summed E-state index contributed by atoms with van der Waals surface area (Å²) in [6.45, 7) is 0.513. The summed E-state index contributed by atoms with van der Waals surface area (Å²) in [5.74, 6) is 0.604. The maximum absolute atomic E-state index is 9.05. The van der Waals surface area contributed by atoms with E-state index in [1.807, 2.05) is 35.2 Å². The molecular weight excluding hydrogens is 272 g/mol. The van der Waals surface area contributed by atoms with Gasteiger partial charge in [0.25, 0.3) is 0 Å². The molecule has 0 amide bonds. The standard InChI is InChI=1S/C10H11BrN4O/c11-9-12-10(14-13-9)15(6-7-16)8-4-2-1-3-5-8/h1-5,16H,6-7H2,(H,12,13,14). The summed E-state index contributed by atoms with van der Waals surface area (Å²) in [5, 5.41) is 15.7. The minimum atomic E-state index is 0.0488. The lowest BCUT2D eigenvalue weighted by Crippen LogP contribution is -2.22. The van der Waals surface area contributed by atoms with Gasteiger partial charge in [-0.2, -0.15) is 4.98 Å². The highest BCUT2D eigenvalue weighted by atomic mass is 79.9. The molecule has 1 aromatic carbocycles. The number of rotatable bonds is 4. The van der Waals surface area contributed by atoms with Crippen LogP contribution >= 0.6 is 15.9 Å². The molecule has 0 fully saturated rings. The highest BCUT2D eigenvalue weighted by Crippen LogP contribution is 2.21. The molecule has 0 unspecified atom stereocenters. The van der Waals surface area contributed by atoms with Gasteiger partial charge in [-0.15, -0.1) is 5.10 Å². The predicted molar refractivity (Wildman–Crippen MR) is 64.6 cm³/mol. The fourth-order valence-electron chi connectivity index (χ4n) is 1.42. The van der Waals surface area contributed by atoms with E-state index in [-0.39, 0.29) is 6.61 Å². The molecule has 2 aromatic rings. The van der Waals surface area contributed by atoms with Crippen LogP contribution in [0.2, 0.25) is 0 Å². The van der Waals surface area contributed by atoms with Crippen molar-refractivity contribution in [3.8, 4) is 0 Å². The number of benzene rings is 1. The van der Waals surface area contributed by atoms with Gasteiger partial charge in [0.15, 0.2) is 0 Å². The van der Waals surface area contributed by atoms with Crippen LogP contribution in [0.5, 0.6) is 0 Å². The maximum Gasteiger partial charge on any atom is 0.226 e. The third kappa shape index (κ3) is 2.40. The number of hydrogen-bond acceptors (Lipinski definition) is 4. The monoisotopic (exact) mass is 282 g/mol. The molecule has 1 heterocycles. The van der Waals surface area contributed by atoms with E-state index in [1.165, 1.54) is 0 Å². The largest absolute Gasteiger partial charge is 0.395 e. The van der Waals surface area contributed by atoms with Crippen molar-refractivity contribution in [3.63, 3.8) is 0 Å². The Morgan fingerprint density at radius 3 is 2.62 bits per heavy atom. The molecule has 0 saturated heterocycles. The van der Waals surface area contributed by atoms with Gasteiger partial charge >= 0.3 is 0 Å². The normalized spacial score (nSPS) is 10.4. The zero-order chi connectivity index (χ0) is 11.4. The Morgan fingerprint density at radius 1 is 1.31 bits per heavy atom. The van der Waals surface area contributed by atoms with Crippen LogP contribution in [0.25, 0.3) is 0 Å². The number of anilines is 2. The number of aliphatic hydroxyl groups excluding tert-OH is 1. The summed E-state index contributed by atoms with van der Waals surface area (Å²) in [4.78, 5) is 6.03. The smallest absolute Gasteiger partial charge is 0.226 e. The first-order valence-corrected chi connectivity index (χ1v) is 5.62. The average Bonchev–Trinajstić information content (AvgIpc) is 2.74. The average molecular weight is 283 g/mol. The Bertz CT molecular complexity index is 445. The van der Waals surface area contributed by atoms with Gasteiger partial charge in [-0.25, -0.2) is 5.10 Å². The topological polar surface area (TPSA) is 65.0 Å². The van der Waals surface area contributed by atoms with Crippen molar-refractivity contribution >= 4 is 27.6 Å². The second-order valence-corrected chi connectivity index (χ2v) is 3.85. The number of aromatic amines is 1. The van der Waals surface area contributed by atoms with Crippen LogP contribution in [0.3, 0.4) is 0 Å². The lowest BCUT2D eigenvalue weighted by Gasteiger charge is -2.20. The minimum Gasteiger partial charge on any atom is -0.395 e. The third-order valence-electron chi connectivity index (χ3n) is 2.09. The number of para-hydroxylation sites is 1. The Hall–Kier alpha value is -1.40. The number of halogens is 1. The maximum atomic E-state index is 9.05. The lowest BCUT2D eigenvalue weighted by molar-refractivity contribution is 0.305. The van der Waals surface area contributed by atoms with Crippen molar-refractivity contribution < 1.29 is 5.11 Å². The van der Waals surface area contributed by atoms with E-state index < -0.39 is 0 Å². The van der Waals surface area contributed by atoms with Crippen LogP contribution < -0.4 is 4.90 Å². The van der Waals surface area contributed by atoms with Crippen molar-refractivity contribution in [2.24, 2.45) is 0 Å². The van der Waals surface area contributed by atoms with Crippen molar-refractivity contribution in [3.05, 3.63) is 35.1 Å². The van der Waals surface area contributed by atoms with E-state index in [1.54, 1.807) is 0 Å². The summed E-state index contributed by atoms with van der Waals surface area (Å²) in [5.41, 5.74) is 0.959. The molecule has 16 heavy (non-hydrogen) atoms. The number of aliphatic hydroxyl groups is 1. The molecule has 0 bridgehead atoms. The molecule has 0 radical (unpaired) electrons. The molecule has 1 aromatic heterocycles. The summed E-state index contributed by atoms with van der Waals surface area (Å²) in [6.07, 6.45) is 0. The summed E-state index contributed by atoms with van der Waals surface area (Å²) in [7, 11) is 0. The van der Waals surface area contributed by atoms with Gasteiger partial charge in [0.2, 0.25) is 10.7 Å². The van der Waals surface area contributed by atoms with Crippen LogP contribution in [-0.4, -0.2) is 33.4 Å². The molecule has 5 nitrogen and oxygen atoms in total. The first kappa shape index (κ1) is 11.1. The predicted octanol–water partition coefficient (Wildman–Crippen LogP) is 1.70. The Kier molecular flexibility index (Phi) is 3.53. The minimum absolute atomic E-state index is 0.0488. The lowest BCUT2D eigenvalue weighted by atomic mass is 10.3. The van der Waals surface area contributed by atoms with Crippen LogP contribution in [0.15, 0.2) is 35.1 Å². The quantitative estimate of drug-likeness (QED) is 0.896. The van der Waals surface area contributed by atoms with Crippen molar-refractivity contribution in [1.29, 1.82) is 0 Å². The third-order valence-corrected chi connectivity index (χ3v) is 2.45. The fourth-order valence-corrected chi connectivity index (χ4v) is 1.68. The van der Waals surface area contributed by atoms with Crippen molar-refractivity contribution in [2.75, 3.05) is 18.1 Å². The molecule has 0 saturated carbocycles. The van der Waals surface area contributed by atoms with Crippen LogP contribution in [0.1, 0.15) is 0 Å². The van der Waals surface area contributed by atoms with E-state index in [0.717, 1.165) is 5.69 Å². The summed E-state index contributed by atoms with van der Waals surface area (Å²) >= 11 is 3.18. The molecule has 0 aliphatic rings. The summed E-state index contributed by atoms with van der Waals surface area (Å²) in [6, 6.07) is 9.71.